The molecule has 0 atom stereocenters. The van der Waals surface area contributed by atoms with Crippen molar-refractivity contribution in [1.29, 1.82) is 0 Å². The van der Waals surface area contributed by atoms with Crippen molar-refractivity contribution >= 4 is 0 Å². The zero-order valence-electron chi connectivity index (χ0n) is 6.02. The van der Waals surface area contributed by atoms with Crippen molar-refractivity contribution in [2.24, 2.45) is 0 Å². The molecule has 0 unspecified atom stereocenters. The van der Waals surface area contributed by atoms with Crippen LogP contribution in [0, 0.1) is 0 Å². The fourth-order valence-corrected chi connectivity index (χ4v) is 0.449. The van der Waals surface area contributed by atoms with Crippen LogP contribution in [0.3, 0.4) is 0 Å². The van der Waals surface area contributed by atoms with Gasteiger partial charge in [-0.15, -0.1) is 5.73 Å². The van der Waals surface area contributed by atoms with E-state index in [-0.39, 0.29) is 0 Å². The lowest BCUT2D eigenvalue weighted by Crippen LogP contribution is -1.60. The molecular weight excluding hydrogens is 108 g/mol. The van der Waals surface area contributed by atoms with E-state index in [1.54, 1.807) is 6.08 Å². The summed E-state index contributed by atoms with van der Waals surface area (Å²) in [5.41, 5.74) is 4.14. The molecular formula is C9H12. The Labute approximate surface area is 56.9 Å². The van der Waals surface area contributed by atoms with E-state index in [9.17, 15) is 0 Å². The lowest BCUT2D eigenvalue weighted by atomic mass is 10.3. The standard InChI is InChI=1S/C9H12/c1-4-6-8-9(3)7-5-2/h4-5,7-8H,2H2,1,3H3/b9-7-. The van der Waals surface area contributed by atoms with Crippen LogP contribution in [0.2, 0.25) is 0 Å². The van der Waals surface area contributed by atoms with Gasteiger partial charge in [0.1, 0.15) is 0 Å². The molecule has 0 heterocycles. The van der Waals surface area contributed by atoms with Crippen molar-refractivity contribution in [2.45, 2.75) is 13.8 Å². The third-order valence-corrected chi connectivity index (χ3v) is 0.858. The zero-order valence-corrected chi connectivity index (χ0v) is 6.02. The second kappa shape index (κ2) is 5.14. The minimum absolute atomic E-state index is 1.17. The van der Waals surface area contributed by atoms with Gasteiger partial charge in [-0.05, 0) is 31.6 Å². The second-order valence-electron chi connectivity index (χ2n) is 1.75. The van der Waals surface area contributed by atoms with Crippen LogP contribution in [0.25, 0.3) is 0 Å². The molecule has 0 fully saturated rings. The van der Waals surface area contributed by atoms with Crippen LogP contribution in [-0.4, -0.2) is 0 Å². The molecule has 9 heavy (non-hydrogen) atoms. The summed E-state index contributed by atoms with van der Waals surface area (Å²) in [6.45, 7) is 7.53. The summed E-state index contributed by atoms with van der Waals surface area (Å²) in [6, 6.07) is 0. The van der Waals surface area contributed by atoms with E-state index in [2.05, 4.69) is 12.3 Å². The highest BCUT2D eigenvalue weighted by atomic mass is 13.8. The summed E-state index contributed by atoms with van der Waals surface area (Å²) >= 11 is 0. The summed E-state index contributed by atoms with van der Waals surface area (Å²) in [7, 11) is 0. The Hall–Kier alpha value is -1.00. The molecule has 0 amide bonds. The van der Waals surface area contributed by atoms with Crippen molar-refractivity contribution in [1.82, 2.24) is 0 Å². The van der Waals surface area contributed by atoms with E-state index < -0.39 is 0 Å². The van der Waals surface area contributed by atoms with Gasteiger partial charge in [0.2, 0.25) is 0 Å². The van der Waals surface area contributed by atoms with Gasteiger partial charge < -0.3 is 0 Å². The highest BCUT2D eigenvalue weighted by Crippen LogP contribution is 1.91. The molecule has 0 bridgehead atoms. The number of allylic oxidation sites excluding steroid dienone is 4. The molecule has 0 radical (unpaired) electrons. The Morgan fingerprint density at radius 1 is 1.56 bits per heavy atom. The number of hydrogen-bond donors (Lipinski definition) is 0. The summed E-state index contributed by atoms with van der Waals surface area (Å²) in [4.78, 5) is 0. The molecule has 48 valence electrons. The Bertz CT molecular complexity index is 164. The summed E-state index contributed by atoms with van der Waals surface area (Å²) < 4.78 is 0. The van der Waals surface area contributed by atoms with E-state index in [4.69, 9.17) is 0 Å². The largest absolute Gasteiger partial charge is 0.125 e. The van der Waals surface area contributed by atoms with Gasteiger partial charge in [0.25, 0.3) is 0 Å². The van der Waals surface area contributed by atoms with Crippen molar-refractivity contribution < 1.29 is 0 Å². The van der Waals surface area contributed by atoms with E-state index >= 15 is 0 Å². The minimum Gasteiger partial charge on any atom is -0.125 e. The average Bonchev–Trinajstić information content (AvgIpc) is 1.85. The average molecular weight is 120 g/mol. The molecule has 0 saturated carbocycles. The third kappa shape index (κ3) is 4.86. The molecule has 0 heteroatoms. The fraction of sp³-hybridized carbons (Fsp3) is 0.222. The van der Waals surface area contributed by atoms with Gasteiger partial charge in [-0.25, -0.2) is 0 Å². The van der Waals surface area contributed by atoms with Crippen molar-refractivity contribution in [2.75, 3.05) is 0 Å². The van der Waals surface area contributed by atoms with Crippen LogP contribution >= 0.6 is 0 Å². The first-order valence-electron chi connectivity index (χ1n) is 2.97. The molecule has 0 aliphatic rings. The SMILES string of the molecule is C=C/C=C(/C)C=C=CC. The van der Waals surface area contributed by atoms with E-state index in [1.165, 1.54) is 5.57 Å². The normalized spacial score (nSPS) is 9.78. The Morgan fingerprint density at radius 3 is 2.67 bits per heavy atom. The molecule has 0 aliphatic heterocycles. The van der Waals surface area contributed by atoms with Gasteiger partial charge in [0, 0.05) is 0 Å². The molecule has 0 rings (SSSR count). The van der Waals surface area contributed by atoms with Crippen LogP contribution in [-0.2, 0) is 0 Å². The predicted octanol–water partition coefficient (Wildman–Crippen LogP) is 2.85. The van der Waals surface area contributed by atoms with Gasteiger partial charge in [0.15, 0.2) is 0 Å². The smallest absolute Gasteiger partial charge is 0.0174 e. The van der Waals surface area contributed by atoms with Crippen LogP contribution < -0.4 is 0 Å². The first kappa shape index (κ1) is 8.00. The third-order valence-electron chi connectivity index (χ3n) is 0.858. The molecule has 0 aliphatic carbocycles. The van der Waals surface area contributed by atoms with Crippen molar-refractivity contribution in [3.8, 4) is 0 Å². The molecule has 0 aromatic rings. The summed E-state index contributed by atoms with van der Waals surface area (Å²) in [6.07, 6.45) is 7.50. The minimum atomic E-state index is 1.17. The lowest BCUT2D eigenvalue weighted by Gasteiger charge is -1.80. The summed E-state index contributed by atoms with van der Waals surface area (Å²) in [5, 5.41) is 0. The monoisotopic (exact) mass is 120 g/mol. The van der Waals surface area contributed by atoms with E-state index in [0.717, 1.165) is 0 Å². The molecule has 0 saturated heterocycles. The Balaban J connectivity index is 4.05. The maximum atomic E-state index is 3.57. The van der Waals surface area contributed by atoms with Crippen LogP contribution in [0.4, 0.5) is 0 Å². The van der Waals surface area contributed by atoms with E-state index in [1.807, 2.05) is 32.1 Å². The Morgan fingerprint density at radius 2 is 2.22 bits per heavy atom. The molecule has 0 spiro atoms. The van der Waals surface area contributed by atoms with Crippen LogP contribution in [0.15, 0.2) is 42.2 Å². The fourth-order valence-electron chi connectivity index (χ4n) is 0.449. The van der Waals surface area contributed by atoms with Crippen molar-refractivity contribution in [3.05, 3.63) is 42.2 Å². The highest BCUT2D eigenvalue weighted by molar-refractivity contribution is 5.19. The lowest BCUT2D eigenvalue weighted by molar-refractivity contribution is 1.53. The van der Waals surface area contributed by atoms with Gasteiger partial charge in [-0.1, -0.05) is 18.7 Å². The van der Waals surface area contributed by atoms with Crippen LogP contribution in [0.1, 0.15) is 13.8 Å². The number of rotatable bonds is 2. The second-order valence-corrected chi connectivity index (χ2v) is 1.75. The van der Waals surface area contributed by atoms with Gasteiger partial charge >= 0.3 is 0 Å². The van der Waals surface area contributed by atoms with Gasteiger partial charge in [0.05, 0.1) is 0 Å². The zero-order chi connectivity index (χ0) is 7.11. The van der Waals surface area contributed by atoms with Crippen molar-refractivity contribution in [3.63, 3.8) is 0 Å². The quantitative estimate of drug-likeness (QED) is 0.388. The molecule has 0 aromatic carbocycles. The van der Waals surface area contributed by atoms with Crippen LogP contribution in [0.5, 0.6) is 0 Å². The maximum Gasteiger partial charge on any atom is -0.0174 e. The summed E-state index contributed by atoms with van der Waals surface area (Å²) in [5.74, 6) is 0. The first-order chi connectivity index (χ1) is 4.31. The first-order valence-corrected chi connectivity index (χ1v) is 2.97. The molecule has 0 nitrogen and oxygen atoms in total. The predicted molar refractivity (Wildman–Crippen MR) is 42.3 cm³/mol. The molecule has 0 aromatic heterocycles. The molecule has 0 N–H and O–H groups in total. The van der Waals surface area contributed by atoms with Gasteiger partial charge in [-0.3, -0.25) is 0 Å². The van der Waals surface area contributed by atoms with Gasteiger partial charge in [-0.2, -0.15) is 0 Å². The highest BCUT2D eigenvalue weighted by Gasteiger charge is 1.71. The Kier molecular flexibility index (Phi) is 4.57. The topological polar surface area (TPSA) is 0 Å². The number of hydrogen-bond acceptors (Lipinski definition) is 0. The van der Waals surface area contributed by atoms with E-state index in [0.29, 0.717) is 0 Å². The maximum absolute atomic E-state index is 3.57.